The van der Waals surface area contributed by atoms with Crippen LogP contribution in [0.1, 0.15) is 42.6 Å². The van der Waals surface area contributed by atoms with Crippen molar-refractivity contribution in [1.29, 1.82) is 0 Å². The van der Waals surface area contributed by atoms with Gasteiger partial charge in [0, 0.05) is 12.6 Å². The molecule has 2 nitrogen and oxygen atoms in total. The van der Waals surface area contributed by atoms with Crippen molar-refractivity contribution in [1.82, 2.24) is 4.98 Å². The minimum atomic E-state index is -0.547. The van der Waals surface area contributed by atoms with Crippen LogP contribution in [0.5, 0.6) is 0 Å². The van der Waals surface area contributed by atoms with Gasteiger partial charge in [0.05, 0.1) is 6.10 Å². The van der Waals surface area contributed by atoms with E-state index in [9.17, 15) is 5.11 Å². The fourth-order valence-electron chi connectivity index (χ4n) is 1.96. The number of aromatic nitrogens is 1. The van der Waals surface area contributed by atoms with Crippen LogP contribution in [0, 0.1) is 0 Å². The summed E-state index contributed by atoms with van der Waals surface area (Å²) in [6.45, 7) is 4.34. The third-order valence-corrected chi connectivity index (χ3v) is 3.43. The molecule has 0 fully saturated rings. The van der Waals surface area contributed by atoms with Crippen LogP contribution in [0.4, 0.5) is 0 Å². The number of aliphatic hydroxyl groups excluding tert-OH is 1. The summed E-state index contributed by atoms with van der Waals surface area (Å²) in [5.74, 6) is 0.527. The van der Waals surface area contributed by atoms with Gasteiger partial charge in [0.2, 0.25) is 0 Å². The van der Waals surface area contributed by atoms with Gasteiger partial charge in [-0.2, -0.15) is 0 Å². The summed E-state index contributed by atoms with van der Waals surface area (Å²) in [6, 6.07) is 11.9. The summed E-state index contributed by atoms with van der Waals surface area (Å²) in [5.41, 5.74) is 3.22. The second kappa shape index (κ2) is 6.18. The highest BCUT2D eigenvalue weighted by atomic mass is 35.5. The van der Waals surface area contributed by atoms with Gasteiger partial charge < -0.3 is 5.11 Å². The van der Waals surface area contributed by atoms with Gasteiger partial charge in [0.1, 0.15) is 5.15 Å². The first-order valence-electron chi connectivity index (χ1n) is 6.44. The molecule has 0 saturated carbocycles. The van der Waals surface area contributed by atoms with Gasteiger partial charge in [-0.25, -0.2) is 4.98 Å². The Hall–Kier alpha value is -1.38. The zero-order chi connectivity index (χ0) is 13.8. The van der Waals surface area contributed by atoms with Crippen LogP contribution in [-0.2, 0) is 6.42 Å². The van der Waals surface area contributed by atoms with E-state index in [4.69, 9.17) is 11.6 Å². The average molecular weight is 276 g/mol. The van der Waals surface area contributed by atoms with Crippen molar-refractivity contribution in [2.75, 3.05) is 0 Å². The van der Waals surface area contributed by atoms with E-state index >= 15 is 0 Å². The molecule has 1 aromatic heterocycles. The Kier molecular flexibility index (Phi) is 4.56. The van der Waals surface area contributed by atoms with Crippen molar-refractivity contribution in [2.45, 2.75) is 32.3 Å². The van der Waals surface area contributed by atoms with Gasteiger partial charge in [0.15, 0.2) is 0 Å². The van der Waals surface area contributed by atoms with Crippen molar-refractivity contribution >= 4 is 11.6 Å². The first kappa shape index (κ1) is 14.0. The lowest BCUT2D eigenvalue weighted by Gasteiger charge is -2.12. The van der Waals surface area contributed by atoms with E-state index < -0.39 is 6.10 Å². The second-order valence-electron chi connectivity index (χ2n) is 5.03. The third-order valence-electron chi connectivity index (χ3n) is 3.21. The third kappa shape index (κ3) is 3.79. The lowest BCUT2D eigenvalue weighted by Crippen LogP contribution is -2.02. The molecular weight excluding hydrogens is 258 g/mol. The van der Waals surface area contributed by atoms with Crippen molar-refractivity contribution < 1.29 is 5.11 Å². The maximum absolute atomic E-state index is 10.2. The van der Waals surface area contributed by atoms with E-state index in [0.717, 1.165) is 11.1 Å². The largest absolute Gasteiger partial charge is 0.388 e. The zero-order valence-electron chi connectivity index (χ0n) is 11.2. The van der Waals surface area contributed by atoms with E-state index in [1.54, 1.807) is 12.3 Å². The summed E-state index contributed by atoms with van der Waals surface area (Å²) in [6.07, 6.45) is 1.66. The molecule has 0 saturated heterocycles. The normalized spacial score (nSPS) is 12.7. The highest BCUT2D eigenvalue weighted by Gasteiger charge is 2.09. The molecule has 0 aliphatic carbocycles. The van der Waals surface area contributed by atoms with E-state index in [1.165, 1.54) is 5.56 Å². The van der Waals surface area contributed by atoms with Crippen LogP contribution < -0.4 is 0 Å². The fourth-order valence-corrected chi connectivity index (χ4v) is 2.08. The number of aliphatic hydroxyl groups is 1. The van der Waals surface area contributed by atoms with Crippen molar-refractivity contribution in [3.05, 3.63) is 64.4 Å². The first-order chi connectivity index (χ1) is 9.06. The molecule has 1 N–H and O–H groups in total. The van der Waals surface area contributed by atoms with Gasteiger partial charge in [0.25, 0.3) is 0 Å². The minimum Gasteiger partial charge on any atom is -0.388 e. The van der Waals surface area contributed by atoms with Crippen LogP contribution in [0.15, 0.2) is 42.6 Å². The van der Waals surface area contributed by atoms with E-state index in [0.29, 0.717) is 17.5 Å². The number of hydrogen-bond acceptors (Lipinski definition) is 2. The van der Waals surface area contributed by atoms with Crippen molar-refractivity contribution in [3.63, 3.8) is 0 Å². The average Bonchev–Trinajstić information content (AvgIpc) is 2.40. The quantitative estimate of drug-likeness (QED) is 0.851. The molecule has 0 radical (unpaired) electrons. The molecule has 0 aliphatic heterocycles. The molecule has 3 heteroatoms. The SMILES string of the molecule is CC(C)c1ccc(CC(O)c2ccc(Cl)nc2)cc1. The molecule has 1 aromatic carbocycles. The lowest BCUT2D eigenvalue weighted by atomic mass is 9.98. The van der Waals surface area contributed by atoms with Gasteiger partial charge in [-0.1, -0.05) is 55.8 Å². The highest BCUT2D eigenvalue weighted by molar-refractivity contribution is 6.29. The van der Waals surface area contributed by atoms with E-state index in [1.807, 2.05) is 6.07 Å². The molecule has 0 spiro atoms. The predicted molar refractivity (Wildman–Crippen MR) is 78.4 cm³/mol. The zero-order valence-corrected chi connectivity index (χ0v) is 11.9. The smallest absolute Gasteiger partial charge is 0.129 e. The molecule has 1 unspecified atom stereocenters. The lowest BCUT2D eigenvalue weighted by molar-refractivity contribution is 0.178. The molecule has 0 amide bonds. The Labute approximate surface area is 119 Å². The number of halogens is 1. The van der Waals surface area contributed by atoms with Crippen molar-refractivity contribution in [2.24, 2.45) is 0 Å². The molecule has 2 rings (SSSR count). The molecule has 2 aromatic rings. The number of benzene rings is 1. The second-order valence-corrected chi connectivity index (χ2v) is 5.42. The summed E-state index contributed by atoms with van der Waals surface area (Å²) < 4.78 is 0. The van der Waals surface area contributed by atoms with E-state index in [2.05, 4.69) is 43.1 Å². The fraction of sp³-hybridized carbons (Fsp3) is 0.312. The molecule has 0 aliphatic rings. The molecular formula is C16H18ClNO. The topological polar surface area (TPSA) is 33.1 Å². The molecule has 1 atom stereocenters. The minimum absolute atomic E-state index is 0.442. The summed E-state index contributed by atoms with van der Waals surface area (Å²) in [5, 5.41) is 10.6. The van der Waals surface area contributed by atoms with E-state index in [-0.39, 0.29) is 0 Å². The van der Waals surface area contributed by atoms with Gasteiger partial charge in [-0.3, -0.25) is 0 Å². The molecule has 1 heterocycles. The molecule has 100 valence electrons. The maximum atomic E-state index is 10.2. The van der Waals surface area contributed by atoms with Crippen LogP contribution >= 0.6 is 11.6 Å². The number of rotatable bonds is 4. The summed E-state index contributed by atoms with van der Waals surface area (Å²) >= 11 is 5.73. The molecule has 0 bridgehead atoms. The first-order valence-corrected chi connectivity index (χ1v) is 6.82. The Morgan fingerprint density at radius 2 is 1.68 bits per heavy atom. The summed E-state index contributed by atoms with van der Waals surface area (Å²) in [7, 11) is 0. The van der Waals surface area contributed by atoms with Crippen LogP contribution in [0.25, 0.3) is 0 Å². The Bertz CT molecular complexity index is 519. The monoisotopic (exact) mass is 275 g/mol. The van der Waals surface area contributed by atoms with Crippen LogP contribution in [0.3, 0.4) is 0 Å². The Balaban J connectivity index is 2.06. The summed E-state index contributed by atoms with van der Waals surface area (Å²) in [4.78, 5) is 3.98. The number of nitrogens with zero attached hydrogens (tertiary/aromatic N) is 1. The van der Waals surface area contributed by atoms with Crippen LogP contribution in [-0.4, -0.2) is 10.1 Å². The Morgan fingerprint density at radius 1 is 1.05 bits per heavy atom. The van der Waals surface area contributed by atoms with Crippen molar-refractivity contribution in [3.8, 4) is 0 Å². The van der Waals surface area contributed by atoms with Crippen LogP contribution in [0.2, 0.25) is 5.15 Å². The number of hydrogen-bond donors (Lipinski definition) is 1. The van der Waals surface area contributed by atoms with Gasteiger partial charge in [-0.15, -0.1) is 0 Å². The van der Waals surface area contributed by atoms with Gasteiger partial charge in [-0.05, 0) is 28.7 Å². The number of pyridine rings is 1. The standard InChI is InChI=1S/C16H18ClNO/c1-11(2)13-5-3-12(4-6-13)9-15(19)14-7-8-16(17)18-10-14/h3-8,10-11,15,19H,9H2,1-2H3. The van der Waals surface area contributed by atoms with Gasteiger partial charge >= 0.3 is 0 Å². The Morgan fingerprint density at radius 3 is 2.21 bits per heavy atom. The molecule has 19 heavy (non-hydrogen) atoms. The maximum Gasteiger partial charge on any atom is 0.129 e. The predicted octanol–water partition coefficient (Wildman–Crippen LogP) is 4.13. The highest BCUT2D eigenvalue weighted by Crippen LogP contribution is 2.21.